The Balaban J connectivity index is 1.52. The zero-order valence-corrected chi connectivity index (χ0v) is 14.3. The quantitative estimate of drug-likeness (QED) is 0.573. The first-order valence-electron chi connectivity index (χ1n) is 7.52. The van der Waals surface area contributed by atoms with E-state index in [-0.39, 0.29) is 11.8 Å². The van der Waals surface area contributed by atoms with E-state index in [1.165, 1.54) is 11.3 Å². The molecule has 0 saturated carbocycles. The van der Waals surface area contributed by atoms with Crippen molar-refractivity contribution in [2.45, 2.75) is 5.92 Å². The van der Waals surface area contributed by atoms with Gasteiger partial charge in [-0.2, -0.15) is 0 Å². The lowest BCUT2D eigenvalue weighted by atomic mass is 10.0. The fraction of sp³-hybridized carbons (Fsp3) is 0.111. The minimum absolute atomic E-state index is 0.0123. The van der Waals surface area contributed by atoms with Gasteiger partial charge in [-0.1, -0.05) is 18.2 Å². The normalized spacial score (nSPS) is 12.3. The molecule has 1 N–H and O–H groups in total. The minimum Gasteiger partial charge on any atom is -0.469 e. The number of aromatic nitrogens is 1. The maximum atomic E-state index is 12.5. The van der Waals surface area contributed by atoms with Gasteiger partial charge in [0.2, 0.25) is 0 Å². The van der Waals surface area contributed by atoms with E-state index in [4.69, 9.17) is 4.42 Å². The highest BCUT2D eigenvalue weighted by Crippen LogP contribution is 2.28. The van der Waals surface area contributed by atoms with E-state index in [0.717, 1.165) is 20.9 Å². The minimum atomic E-state index is -0.149. The fourth-order valence-corrected chi connectivity index (χ4v) is 4.28. The first-order valence-corrected chi connectivity index (χ1v) is 9.21. The number of carbonyl (C=O) groups is 1. The lowest BCUT2D eigenvalue weighted by Gasteiger charge is -2.13. The summed E-state index contributed by atoms with van der Waals surface area (Å²) >= 11 is 3.06. The molecular weight excluding hydrogens is 340 g/mol. The zero-order valence-electron chi connectivity index (χ0n) is 12.6. The third-order valence-electron chi connectivity index (χ3n) is 3.73. The summed E-state index contributed by atoms with van der Waals surface area (Å²) in [6.45, 7) is 0.475. The molecule has 1 atom stereocenters. The second-order valence-electron chi connectivity index (χ2n) is 5.28. The van der Waals surface area contributed by atoms with Gasteiger partial charge in [-0.3, -0.25) is 4.79 Å². The second kappa shape index (κ2) is 6.59. The summed E-state index contributed by atoms with van der Waals surface area (Å²) in [5.74, 6) is 0.713. The number of carbonyl (C=O) groups excluding carboxylic acids is 1. The smallest absolute Gasteiger partial charge is 0.280 e. The molecule has 0 saturated heterocycles. The van der Waals surface area contributed by atoms with Crippen LogP contribution in [0.5, 0.6) is 0 Å². The molecule has 0 aliphatic carbocycles. The molecule has 0 fully saturated rings. The van der Waals surface area contributed by atoms with Crippen LogP contribution in [0, 0.1) is 0 Å². The molecule has 1 aromatic carbocycles. The second-order valence-corrected chi connectivity index (χ2v) is 7.29. The van der Waals surface area contributed by atoms with Gasteiger partial charge in [0.05, 0.1) is 22.4 Å². The number of nitrogens with one attached hydrogen (secondary N) is 1. The van der Waals surface area contributed by atoms with Gasteiger partial charge in [-0.25, -0.2) is 4.98 Å². The summed E-state index contributed by atoms with van der Waals surface area (Å²) in [4.78, 5) is 18.0. The number of hydrogen-bond acceptors (Lipinski definition) is 5. The van der Waals surface area contributed by atoms with Crippen molar-refractivity contribution in [3.8, 4) is 0 Å². The van der Waals surface area contributed by atoms with Crippen LogP contribution in [0.4, 0.5) is 0 Å². The summed E-state index contributed by atoms with van der Waals surface area (Å²) in [5.41, 5.74) is 0.855. The summed E-state index contributed by atoms with van der Waals surface area (Å²) in [5, 5.41) is 5.51. The third-order valence-corrected chi connectivity index (χ3v) is 5.75. The van der Waals surface area contributed by atoms with Gasteiger partial charge < -0.3 is 9.73 Å². The van der Waals surface area contributed by atoms with Crippen LogP contribution in [-0.4, -0.2) is 17.4 Å². The van der Waals surface area contributed by atoms with E-state index < -0.39 is 0 Å². The number of para-hydroxylation sites is 1. The molecule has 0 aliphatic rings. The van der Waals surface area contributed by atoms with Gasteiger partial charge >= 0.3 is 0 Å². The van der Waals surface area contributed by atoms with Gasteiger partial charge in [-0.15, -0.1) is 22.7 Å². The fourth-order valence-electron chi connectivity index (χ4n) is 2.56. The van der Waals surface area contributed by atoms with Gasteiger partial charge in [-0.05, 0) is 35.7 Å². The standard InChI is InChI=1S/C18H14N2O2S2/c21-17(18-20-13-5-1-2-7-16(13)24-18)19-11-12(14-6-3-9-22-14)15-8-4-10-23-15/h1-10,12H,11H2,(H,19,21)/t12-/m0/s1. The SMILES string of the molecule is O=C(NC[C@@H](c1ccco1)c1cccs1)c1nc2ccccc2s1. The van der Waals surface area contributed by atoms with E-state index in [0.29, 0.717) is 11.6 Å². The van der Waals surface area contributed by atoms with E-state index in [1.54, 1.807) is 17.6 Å². The van der Waals surface area contributed by atoms with Crippen molar-refractivity contribution in [1.82, 2.24) is 10.3 Å². The molecule has 24 heavy (non-hydrogen) atoms. The van der Waals surface area contributed by atoms with Crippen molar-refractivity contribution in [1.29, 1.82) is 0 Å². The molecule has 0 bridgehead atoms. The first-order chi connectivity index (χ1) is 11.8. The molecule has 0 radical (unpaired) electrons. The number of nitrogens with zero attached hydrogens (tertiary/aromatic N) is 1. The molecule has 0 spiro atoms. The molecule has 4 rings (SSSR count). The average molecular weight is 354 g/mol. The Morgan fingerprint density at radius 3 is 2.83 bits per heavy atom. The number of fused-ring (bicyclic) bond motifs is 1. The van der Waals surface area contributed by atoms with E-state index in [9.17, 15) is 4.79 Å². The van der Waals surface area contributed by atoms with Gasteiger partial charge in [0, 0.05) is 11.4 Å². The number of hydrogen-bond donors (Lipinski definition) is 1. The highest BCUT2D eigenvalue weighted by Gasteiger charge is 2.20. The molecule has 3 heterocycles. The molecule has 0 unspecified atom stereocenters. The number of thiophene rings is 1. The molecule has 6 heteroatoms. The Bertz CT molecular complexity index is 875. The Morgan fingerprint density at radius 1 is 1.17 bits per heavy atom. The molecular formula is C18H14N2O2S2. The van der Waals surface area contributed by atoms with Crippen molar-refractivity contribution in [3.05, 3.63) is 75.8 Å². The molecule has 3 aromatic heterocycles. The van der Waals surface area contributed by atoms with E-state index in [2.05, 4.69) is 16.4 Å². The summed E-state index contributed by atoms with van der Waals surface area (Å²) in [7, 11) is 0. The molecule has 120 valence electrons. The predicted octanol–water partition coefficient (Wildman–Crippen LogP) is 4.51. The monoisotopic (exact) mass is 354 g/mol. The number of amides is 1. The van der Waals surface area contributed by atoms with Crippen LogP contribution in [0.15, 0.2) is 64.6 Å². The van der Waals surface area contributed by atoms with Crippen molar-refractivity contribution >= 4 is 38.8 Å². The molecule has 4 aromatic rings. The summed E-state index contributed by atoms with van der Waals surface area (Å²) < 4.78 is 6.56. The lowest BCUT2D eigenvalue weighted by molar-refractivity contribution is 0.0951. The lowest BCUT2D eigenvalue weighted by Crippen LogP contribution is -2.28. The molecule has 4 nitrogen and oxygen atoms in total. The van der Waals surface area contributed by atoms with Crippen molar-refractivity contribution in [2.24, 2.45) is 0 Å². The maximum Gasteiger partial charge on any atom is 0.280 e. The van der Waals surface area contributed by atoms with Crippen LogP contribution >= 0.6 is 22.7 Å². The van der Waals surface area contributed by atoms with Crippen LogP contribution in [0.2, 0.25) is 0 Å². The van der Waals surface area contributed by atoms with Crippen LogP contribution in [0.25, 0.3) is 10.2 Å². The van der Waals surface area contributed by atoms with Crippen LogP contribution < -0.4 is 5.32 Å². The van der Waals surface area contributed by atoms with Crippen LogP contribution in [0.3, 0.4) is 0 Å². The van der Waals surface area contributed by atoms with Gasteiger partial charge in [0.1, 0.15) is 5.76 Å². The molecule has 0 aliphatic heterocycles. The number of thiazole rings is 1. The first kappa shape index (κ1) is 15.1. The summed E-state index contributed by atoms with van der Waals surface area (Å²) in [6.07, 6.45) is 1.66. The Labute approximate surface area is 146 Å². The van der Waals surface area contributed by atoms with Crippen LogP contribution in [-0.2, 0) is 0 Å². The third kappa shape index (κ3) is 2.98. The van der Waals surface area contributed by atoms with Gasteiger partial charge in [0.15, 0.2) is 5.01 Å². The van der Waals surface area contributed by atoms with Crippen molar-refractivity contribution < 1.29 is 9.21 Å². The highest BCUT2D eigenvalue weighted by atomic mass is 32.1. The Kier molecular flexibility index (Phi) is 4.15. The topological polar surface area (TPSA) is 55.1 Å². The van der Waals surface area contributed by atoms with E-state index >= 15 is 0 Å². The van der Waals surface area contributed by atoms with Crippen molar-refractivity contribution in [2.75, 3.05) is 6.54 Å². The Hall–Kier alpha value is -2.44. The number of rotatable bonds is 5. The highest BCUT2D eigenvalue weighted by molar-refractivity contribution is 7.20. The van der Waals surface area contributed by atoms with Crippen molar-refractivity contribution in [3.63, 3.8) is 0 Å². The number of furan rings is 1. The largest absolute Gasteiger partial charge is 0.469 e. The maximum absolute atomic E-state index is 12.5. The zero-order chi connectivity index (χ0) is 16.4. The summed E-state index contributed by atoms with van der Waals surface area (Å²) in [6, 6.07) is 15.6. The van der Waals surface area contributed by atoms with E-state index in [1.807, 2.05) is 47.8 Å². The van der Waals surface area contributed by atoms with Crippen LogP contribution in [0.1, 0.15) is 26.4 Å². The van der Waals surface area contributed by atoms with Gasteiger partial charge in [0.25, 0.3) is 5.91 Å². The average Bonchev–Trinajstić information content (AvgIpc) is 3.35. The number of benzene rings is 1. The predicted molar refractivity (Wildman–Crippen MR) is 96.8 cm³/mol. The Morgan fingerprint density at radius 2 is 2.08 bits per heavy atom. The molecule has 1 amide bonds.